The van der Waals surface area contributed by atoms with Gasteiger partial charge in [-0.1, -0.05) is 18.2 Å². The van der Waals surface area contributed by atoms with Crippen LogP contribution in [0.25, 0.3) is 11.0 Å². The van der Waals surface area contributed by atoms with E-state index in [-0.39, 0.29) is 25.4 Å². The second kappa shape index (κ2) is 9.46. The number of sulfonamides is 1. The maximum atomic E-state index is 11.3. The number of ether oxygens (including phenoxy) is 1. The summed E-state index contributed by atoms with van der Waals surface area (Å²) in [6.07, 6.45) is 0.967. The van der Waals surface area contributed by atoms with Crippen LogP contribution in [0.2, 0.25) is 0 Å². The Morgan fingerprint density at radius 2 is 1.90 bits per heavy atom. The smallest absolute Gasteiger partial charge is 0.322 e. The lowest BCUT2D eigenvalue weighted by Gasteiger charge is -2.13. The van der Waals surface area contributed by atoms with Crippen molar-refractivity contribution in [2.24, 2.45) is 7.05 Å². The highest BCUT2D eigenvalue weighted by Gasteiger charge is 2.21. The van der Waals surface area contributed by atoms with Gasteiger partial charge in [-0.15, -0.1) is 12.4 Å². The summed E-state index contributed by atoms with van der Waals surface area (Å²) in [7, 11) is -1.68. The van der Waals surface area contributed by atoms with Crippen molar-refractivity contribution in [2.75, 3.05) is 6.26 Å². The highest BCUT2D eigenvalue weighted by molar-refractivity contribution is 7.88. The molecule has 0 amide bonds. The molecule has 2 N–H and O–H groups in total. The molecule has 1 aromatic heterocycles. The van der Waals surface area contributed by atoms with Gasteiger partial charge >= 0.3 is 5.97 Å². The maximum Gasteiger partial charge on any atom is 0.322 e. The lowest BCUT2D eigenvalue weighted by atomic mass is 10.1. The summed E-state index contributed by atoms with van der Waals surface area (Å²) in [4.78, 5) is 15.9. The normalized spacial score (nSPS) is 12.4. The van der Waals surface area contributed by atoms with E-state index in [4.69, 9.17) is 4.74 Å². The molecule has 0 fully saturated rings. The van der Waals surface area contributed by atoms with Crippen molar-refractivity contribution in [3.8, 4) is 5.75 Å². The van der Waals surface area contributed by atoms with Gasteiger partial charge in [0.05, 0.1) is 17.3 Å². The number of carbonyl (C=O) groups is 1. The third-order valence-corrected chi connectivity index (χ3v) is 5.23. The van der Waals surface area contributed by atoms with Gasteiger partial charge in [0.1, 0.15) is 24.2 Å². The number of aryl methyl sites for hydroxylation is 2. The van der Waals surface area contributed by atoms with Crippen molar-refractivity contribution in [2.45, 2.75) is 26.0 Å². The zero-order valence-corrected chi connectivity index (χ0v) is 18.5. The number of rotatable bonds is 8. The number of nitrogens with one attached hydrogen (secondary N) is 1. The molecular formula is C20H24ClN3O5S. The van der Waals surface area contributed by atoms with Gasteiger partial charge in [-0.25, -0.2) is 18.1 Å². The van der Waals surface area contributed by atoms with E-state index in [9.17, 15) is 18.3 Å². The van der Waals surface area contributed by atoms with Crippen molar-refractivity contribution in [1.82, 2.24) is 14.3 Å². The van der Waals surface area contributed by atoms with Gasteiger partial charge in [-0.2, -0.15) is 0 Å². The van der Waals surface area contributed by atoms with E-state index in [1.54, 1.807) is 24.3 Å². The van der Waals surface area contributed by atoms with Gasteiger partial charge in [0.2, 0.25) is 10.0 Å². The molecule has 0 saturated heterocycles. The Balaban J connectivity index is 0.00000320. The van der Waals surface area contributed by atoms with Crippen LogP contribution in [0, 0.1) is 6.92 Å². The fourth-order valence-electron chi connectivity index (χ4n) is 3.02. The summed E-state index contributed by atoms with van der Waals surface area (Å²) in [5, 5.41) is 9.20. The van der Waals surface area contributed by atoms with Gasteiger partial charge in [-0.3, -0.25) is 4.79 Å². The first-order valence-electron chi connectivity index (χ1n) is 8.96. The summed E-state index contributed by atoms with van der Waals surface area (Å²) in [5.74, 6) is 0.172. The van der Waals surface area contributed by atoms with E-state index >= 15 is 0 Å². The predicted octanol–water partition coefficient (Wildman–Crippen LogP) is 2.43. The molecule has 10 heteroatoms. The number of hydrogen-bond acceptors (Lipinski definition) is 5. The van der Waals surface area contributed by atoms with Gasteiger partial charge in [-0.05, 0) is 48.7 Å². The summed E-state index contributed by atoms with van der Waals surface area (Å²) < 4.78 is 32.6. The number of halogens is 1. The molecule has 8 nitrogen and oxygen atoms in total. The van der Waals surface area contributed by atoms with Gasteiger partial charge in [0.15, 0.2) is 0 Å². The average Bonchev–Trinajstić information content (AvgIpc) is 2.95. The van der Waals surface area contributed by atoms with Crippen LogP contribution in [0.5, 0.6) is 5.75 Å². The van der Waals surface area contributed by atoms with Crippen molar-refractivity contribution < 1.29 is 23.1 Å². The number of carboxylic acids is 1. The van der Waals surface area contributed by atoms with Crippen molar-refractivity contribution in [3.05, 3.63) is 59.4 Å². The highest BCUT2D eigenvalue weighted by atomic mass is 35.5. The predicted molar refractivity (Wildman–Crippen MR) is 117 cm³/mol. The monoisotopic (exact) mass is 453 g/mol. The number of imidazole rings is 1. The van der Waals surface area contributed by atoms with E-state index in [1.807, 2.05) is 30.7 Å². The Kier molecular flexibility index (Phi) is 7.46. The van der Waals surface area contributed by atoms with Crippen LogP contribution in [0.1, 0.15) is 17.0 Å². The number of hydrogen-bond donors (Lipinski definition) is 2. The Hall–Kier alpha value is -2.62. The quantitative estimate of drug-likeness (QED) is 0.542. The van der Waals surface area contributed by atoms with Crippen LogP contribution in [0.4, 0.5) is 0 Å². The minimum atomic E-state index is -3.62. The first-order valence-corrected chi connectivity index (χ1v) is 10.9. The molecule has 3 aromatic rings. The number of fused-ring (bicyclic) bond motifs is 1. The minimum Gasteiger partial charge on any atom is -0.486 e. The molecule has 0 bridgehead atoms. The lowest BCUT2D eigenvalue weighted by Crippen LogP contribution is -2.41. The number of benzene rings is 2. The fourth-order valence-corrected chi connectivity index (χ4v) is 3.72. The van der Waals surface area contributed by atoms with Gasteiger partial charge < -0.3 is 14.4 Å². The largest absolute Gasteiger partial charge is 0.486 e. The molecule has 0 spiro atoms. The summed E-state index contributed by atoms with van der Waals surface area (Å²) in [6.45, 7) is 2.32. The third-order valence-electron chi connectivity index (χ3n) is 4.51. The van der Waals surface area contributed by atoms with Gasteiger partial charge in [0, 0.05) is 7.05 Å². The third kappa shape index (κ3) is 5.94. The molecule has 0 saturated carbocycles. The molecule has 3 rings (SSSR count). The summed E-state index contributed by atoms with van der Waals surface area (Å²) >= 11 is 0. The lowest BCUT2D eigenvalue weighted by molar-refractivity contribution is -0.138. The van der Waals surface area contributed by atoms with Gasteiger partial charge in [0.25, 0.3) is 0 Å². The first kappa shape index (κ1) is 23.7. The van der Waals surface area contributed by atoms with Crippen molar-refractivity contribution in [1.29, 1.82) is 0 Å². The number of carboxylic acid groups (broad SMARTS) is 1. The molecule has 1 unspecified atom stereocenters. The number of nitrogens with zero attached hydrogens (tertiary/aromatic N) is 2. The van der Waals surface area contributed by atoms with Crippen LogP contribution in [0.15, 0.2) is 42.5 Å². The molecule has 0 aliphatic rings. The van der Waals surface area contributed by atoms with Crippen molar-refractivity contribution in [3.63, 3.8) is 0 Å². The topological polar surface area (TPSA) is 111 Å². The van der Waals surface area contributed by atoms with E-state index < -0.39 is 22.0 Å². The maximum absolute atomic E-state index is 11.3. The Morgan fingerprint density at radius 1 is 1.23 bits per heavy atom. The second-order valence-electron chi connectivity index (χ2n) is 7.00. The Morgan fingerprint density at radius 3 is 2.50 bits per heavy atom. The van der Waals surface area contributed by atoms with Crippen LogP contribution in [-0.4, -0.2) is 41.3 Å². The molecule has 0 radical (unpaired) electrons. The number of aliphatic carboxylic acids is 1. The van der Waals surface area contributed by atoms with E-state index in [1.165, 1.54) is 0 Å². The standard InChI is InChI=1S/C20H23N3O5S.ClH/c1-13-4-9-16-18(10-13)23(2)19(21-16)12-28-15-7-5-14(6-8-15)11-17(20(24)25)22-29(3,26)27;/h4-10,17,22H,11-12H2,1-3H3,(H,24,25);1H. The van der Waals surface area contributed by atoms with Crippen LogP contribution >= 0.6 is 12.4 Å². The first-order chi connectivity index (χ1) is 13.6. The molecule has 0 aliphatic carbocycles. The van der Waals surface area contributed by atoms with E-state index in [0.717, 1.165) is 28.7 Å². The highest BCUT2D eigenvalue weighted by Crippen LogP contribution is 2.19. The molecule has 162 valence electrons. The zero-order valence-electron chi connectivity index (χ0n) is 16.8. The molecule has 1 atom stereocenters. The van der Waals surface area contributed by atoms with Crippen molar-refractivity contribution >= 4 is 39.4 Å². The molecule has 1 heterocycles. The SMILES string of the molecule is Cc1ccc2nc(COc3ccc(CC(NS(C)(=O)=O)C(=O)O)cc3)n(C)c2c1.Cl. The summed E-state index contributed by atoms with van der Waals surface area (Å²) in [5.41, 5.74) is 3.79. The zero-order chi connectivity index (χ0) is 21.2. The molecule has 0 aliphatic heterocycles. The van der Waals surface area contributed by atoms with Crippen LogP contribution in [-0.2, 0) is 34.9 Å². The Labute approximate surface area is 181 Å². The molecule has 30 heavy (non-hydrogen) atoms. The van der Waals surface area contributed by atoms with E-state index in [0.29, 0.717) is 11.3 Å². The van der Waals surface area contributed by atoms with Crippen LogP contribution in [0.3, 0.4) is 0 Å². The van der Waals surface area contributed by atoms with Crippen LogP contribution < -0.4 is 9.46 Å². The molecular weight excluding hydrogens is 430 g/mol. The van der Waals surface area contributed by atoms with E-state index in [2.05, 4.69) is 15.8 Å². The second-order valence-corrected chi connectivity index (χ2v) is 8.78. The number of aromatic nitrogens is 2. The minimum absolute atomic E-state index is 0. The molecule has 2 aromatic carbocycles. The Bertz CT molecular complexity index is 1140. The summed E-state index contributed by atoms with van der Waals surface area (Å²) in [6, 6.07) is 11.7. The average molecular weight is 454 g/mol. The fraction of sp³-hybridized carbons (Fsp3) is 0.300.